The molecule has 5 heteroatoms. The van der Waals surface area contributed by atoms with Crippen molar-refractivity contribution in [3.63, 3.8) is 0 Å². The molecule has 0 N–H and O–H groups in total. The van der Waals surface area contributed by atoms with Crippen molar-refractivity contribution in [1.29, 1.82) is 0 Å². The van der Waals surface area contributed by atoms with E-state index in [0.29, 0.717) is 11.3 Å². The lowest BCUT2D eigenvalue weighted by Crippen LogP contribution is -2.11. The van der Waals surface area contributed by atoms with E-state index >= 15 is 0 Å². The number of furan rings is 1. The molecule has 0 fully saturated rings. The molecule has 4 nitrogen and oxygen atoms in total. The minimum Gasteiger partial charge on any atom is -0.451 e. The van der Waals surface area contributed by atoms with Crippen molar-refractivity contribution in [1.82, 2.24) is 9.78 Å². The topological polar surface area (TPSA) is 48.0 Å². The van der Waals surface area contributed by atoms with Gasteiger partial charge in [0.15, 0.2) is 5.76 Å². The van der Waals surface area contributed by atoms with E-state index in [9.17, 15) is 9.18 Å². The zero-order valence-electron chi connectivity index (χ0n) is 9.79. The molecule has 19 heavy (non-hydrogen) atoms. The van der Waals surface area contributed by atoms with Crippen LogP contribution in [-0.4, -0.2) is 15.7 Å². The van der Waals surface area contributed by atoms with Crippen molar-refractivity contribution in [3.05, 3.63) is 66.4 Å². The highest BCUT2D eigenvalue weighted by Gasteiger charge is 2.15. The van der Waals surface area contributed by atoms with Crippen LogP contribution in [0.5, 0.6) is 0 Å². The van der Waals surface area contributed by atoms with E-state index in [1.165, 1.54) is 24.5 Å². The molecule has 0 bridgehead atoms. The smallest absolute Gasteiger partial charge is 0.313 e. The largest absolute Gasteiger partial charge is 0.451 e. The first kappa shape index (κ1) is 11.4. The molecule has 1 aromatic carbocycles. The van der Waals surface area contributed by atoms with Gasteiger partial charge in [0.25, 0.3) is 0 Å². The standard InChI is InChI=1S/C14H9FN2O2/c15-11-5-2-1-4-10(11)12-6-7-13(19-12)14(18)17-9-3-8-16-17/h1-9H. The maximum absolute atomic E-state index is 13.6. The fraction of sp³-hybridized carbons (Fsp3) is 0. The van der Waals surface area contributed by atoms with Crippen LogP contribution >= 0.6 is 0 Å². The Morgan fingerprint density at radius 3 is 2.74 bits per heavy atom. The minimum atomic E-state index is -0.396. The first-order chi connectivity index (χ1) is 9.25. The molecule has 0 aliphatic carbocycles. The lowest BCUT2D eigenvalue weighted by Gasteiger charge is -1.99. The van der Waals surface area contributed by atoms with Gasteiger partial charge in [-0.05, 0) is 30.3 Å². The van der Waals surface area contributed by atoms with Gasteiger partial charge in [-0.3, -0.25) is 4.79 Å². The van der Waals surface area contributed by atoms with Crippen LogP contribution < -0.4 is 0 Å². The van der Waals surface area contributed by atoms with Gasteiger partial charge < -0.3 is 4.42 Å². The zero-order valence-corrected chi connectivity index (χ0v) is 9.79. The Morgan fingerprint density at radius 2 is 2.00 bits per heavy atom. The molecule has 3 rings (SSSR count). The Balaban J connectivity index is 1.96. The lowest BCUT2D eigenvalue weighted by atomic mass is 10.1. The van der Waals surface area contributed by atoms with Crippen LogP contribution in [0.1, 0.15) is 10.6 Å². The molecule has 0 saturated carbocycles. The third-order valence-electron chi connectivity index (χ3n) is 2.67. The maximum Gasteiger partial charge on any atom is 0.313 e. The molecule has 2 heterocycles. The van der Waals surface area contributed by atoms with Crippen molar-refractivity contribution in [3.8, 4) is 11.3 Å². The summed E-state index contributed by atoms with van der Waals surface area (Å²) in [6.45, 7) is 0. The van der Waals surface area contributed by atoms with E-state index in [0.717, 1.165) is 4.68 Å². The Bertz CT molecular complexity index is 717. The molecule has 94 valence electrons. The van der Waals surface area contributed by atoms with E-state index in [4.69, 9.17) is 4.42 Å². The average Bonchev–Trinajstić information content (AvgIpc) is 3.10. The van der Waals surface area contributed by atoms with Crippen LogP contribution in [0.15, 0.2) is 59.3 Å². The molecule has 0 saturated heterocycles. The predicted octanol–water partition coefficient (Wildman–Crippen LogP) is 2.97. The molecule has 0 aliphatic rings. The quantitative estimate of drug-likeness (QED) is 0.708. The number of carbonyl (C=O) groups excluding carboxylic acids is 1. The summed E-state index contributed by atoms with van der Waals surface area (Å²) in [5.74, 6) is -0.363. The number of nitrogens with zero attached hydrogens (tertiary/aromatic N) is 2. The Labute approximate surface area is 108 Å². The molecule has 2 aromatic heterocycles. The van der Waals surface area contributed by atoms with E-state index in [-0.39, 0.29) is 5.76 Å². The molecule has 0 amide bonds. The summed E-state index contributed by atoms with van der Waals surface area (Å²) in [5.41, 5.74) is 0.321. The normalized spacial score (nSPS) is 10.6. The van der Waals surface area contributed by atoms with Gasteiger partial charge in [-0.1, -0.05) is 12.1 Å². The fourth-order valence-electron chi connectivity index (χ4n) is 1.76. The third kappa shape index (κ3) is 2.06. The maximum atomic E-state index is 13.6. The monoisotopic (exact) mass is 256 g/mol. The second-order valence-electron chi connectivity index (χ2n) is 3.90. The number of hydrogen-bond donors (Lipinski definition) is 0. The van der Waals surface area contributed by atoms with Crippen molar-refractivity contribution in [2.75, 3.05) is 0 Å². The highest BCUT2D eigenvalue weighted by molar-refractivity contribution is 5.93. The molecular weight excluding hydrogens is 247 g/mol. The van der Waals surface area contributed by atoms with Crippen molar-refractivity contribution in [2.45, 2.75) is 0 Å². The number of aromatic nitrogens is 2. The third-order valence-corrected chi connectivity index (χ3v) is 2.67. The van der Waals surface area contributed by atoms with Gasteiger partial charge in [0.2, 0.25) is 0 Å². The number of benzene rings is 1. The van der Waals surface area contributed by atoms with Gasteiger partial charge in [0.1, 0.15) is 11.6 Å². The van der Waals surface area contributed by atoms with Crippen LogP contribution in [0.2, 0.25) is 0 Å². The zero-order chi connectivity index (χ0) is 13.2. The van der Waals surface area contributed by atoms with Gasteiger partial charge in [0, 0.05) is 12.4 Å². The summed E-state index contributed by atoms with van der Waals surface area (Å²) in [4.78, 5) is 11.9. The highest BCUT2D eigenvalue weighted by Crippen LogP contribution is 2.24. The van der Waals surface area contributed by atoms with Crippen LogP contribution in [0, 0.1) is 5.82 Å². The van der Waals surface area contributed by atoms with Gasteiger partial charge in [-0.15, -0.1) is 0 Å². The molecule has 0 radical (unpaired) electrons. The van der Waals surface area contributed by atoms with E-state index < -0.39 is 11.7 Å². The predicted molar refractivity (Wildman–Crippen MR) is 66.1 cm³/mol. The van der Waals surface area contributed by atoms with Crippen molar-refractivity contribution in [2.24, 2.45) is 0 Å². The number of hydrogen-bond acceptors (Lipinski definition) is 3. The molecular formula is C14H9FN2O2. The molecule has 0 unspecified atom stereocenters. The van der Waals surface area contributed by atoms with E-state index in [1.807, 2.05) is 0 Å². The summed E-state index contributed by atoms with van der Waals surface area (Å²) >= 11 is 0. The molecule has 0 spiro atoms. The first-order valence-electron chi connectivity index (χ1n) is 5.65. The van der Waals surface area contributed by atoms with Crippen LogP contribution in [0.4, 0.5) is 4.39 Å². The van der Waals surface area contributed by atoms with Crippen LogP contribution in [0.3, 0.4) is 0 Å². The number of rotatable bonds is 2. The van der Waals surface area contributed by atoms with Crippen molar-refractivity contribution < 1.29 is 13.6 Å². The van der Waals surface area contributed by atoms with Gasteiger partial charge >= 0.3 is 5.91 Å². The molecule has 0 aliphatic heterocycles. The lowest BCUT2D eigenvalue weighted by molar-refractivity contribution is 0.0918. The highest BCUT2D eigenvalue weighted by atomic mass is 19.1. The Hall–Kier alpha value is -2.69. The Kier molecular flexibility index (Phi) is 2.72. The number of halogens is 1. The molecule has 0 atom stereocenters. The summed E-state index contributed by atoms with van der Waals surface area (Å²) in [6, 6.07) is 10.9. The summed E-state index contributed by atoms with van der Waals surface area (Å²) in [5, 5.41) is 3.83. The average molecular weight is 256 g/mol. The van der Waals surface area contributed by atoms with E-state index in [2.05, 4.69) is 5.10 Å². The number of carbonyl (C=O) groups is 1. The van der Waals surface area contributed by atoms with E-state index in [1.54, 1.807) is 30.3 Å². The second-order valence-corrected chi connectivity index (χ2v) is 3.90. The van der Waals surface area contributed by atoms with Crippen LogP contribution in [0.25, 0.3) is 11.3 Å². The van der Waals surface area contributed by atoms with Gasteiger partial charge in [-0.25, -0.2) is 9.07 Å². The summed E-state index contributed by atoms with van der Waals surface area (Å²) in [6.07, 6.45) is 3.02. The summed E-state index contributed by atoms with van der Waals surface area (Å²) in [7, 11) is 0. The SMILES string of the molecule is O=C(c1ccc(-c2ccccc2F)o1)n1cccn1. The fourth-order valence-corrected chi connectivity index (χ4v) is 1.76. The van der Waals surface area contributed by atoms with Gasteiger partial charge in [0.05, 0.1) is 5.56 Å². The first-order valence-corrected chi connectivity index (χ1v) is 5.65. The Morgan fingerprint density at radius 1 is 1.16 bits per heavy atom. The van der Waals surface area contributed by atoms with Crippen molar-refractivity contribution >= 4 is 5.91 Å². The summed E-state index contributed by atoms with van der Waals surface area (Å²) < 4.78 is 20.1. The molecule has 3 aromatic rings. The minimum absolute atomic E-state index is 0.113. The second kappa shape index (κ2) is 4.53. The van der Waals surface area contributed by atoms with Gasteiger partial charge in [-0.2, -0.15) is 5.10 Å². The van der Waals surface area contributed by atoms with Crippen LogP contribution in [-0.2, 0) is 0 Å².